The number of hydrogen-bond acceptors (Lipinski definition) is 5. The standard InChI is InChI=1S/C15H27N3OS/c1-15(2,3)16-7-14-17-13(11-20-14)9-18-6-5-12(8-18)10-19-4/h11-12,16H,5-10H2,1-4H3. The molecule has 0 aliphatic carbocycles. The van der Waals surface area contributed by atoms with Crippen molar-refractivity contribution in [3.8, 4) is 0 Å². The van der Waals surface area contributed by atoms with Crippen LogP contribution in [0, 0.1) is 5.92 Å². The van der Waals surface area contributed by atoms with Gasteiger partial charge in [0.1, 0.15) is 5.01 Å². The van der Waals surface area contributed by atoms with Crippen LogP contribution in [0.2, 0.25) is 0 Å². The van der Waals surface area contributed by atoms with Crippen LogP contribution in [0.15, 0.2) is 5.38 Å². The van der Waals surface area contributed by atoms with Gasteiger partial charge in [-0.1, -0.05) is 0 Å². The highest BCUT2D eigenvalue weighted by molar-refractivity contribution is 7.09. The molecule has 1 aliphatic rings. The number of methoxy groups -OCH3 is 1. The van der Waals surface area contributed by atoms with E-state index in [9.17, 15) is 0 Å². The number of ether oxygens (including phenoxy) is 1. The van der Waals surface area contributed by atoms with Crippen LogP contribution in [-0.4, -0.2) is 42.2 Å². The normalized spacial score (nSPS) is 20.7. The molecule has 114 valence electrons. The topological polar surface area (TPSA) is 37.4 Å². The first-order chi connectivity index (χ1) is 9.46. The molecule has 0 radical (unpaired) electrons. The zero-order chi connectivity index (χ0) is 14.6. The molecule has 1 unspecified atom stereocenters. The van der Waals surface area contributed by atoms with Crippen LogP contribution in [0.1, 0.15) is 37.9 Å². The van der Waals surface area contributed by atoms with Crippen molar-refractivity contribution in [2.45, 2.75) is 45.8 Å². The highest BCUT2D eigenvalue weighted by atomic mass is 32.1. The quantitative estimate of drug-likeness (QED) is 0.875. The van der Waals surface area contributed by atoms with E-state index >= 15 is 0 Å². The molecule has 1 aromatic heterocycles. The Hall–Kier alpha value is -0.490. The predicted octanol–water partition coefficient (Wildman–Crippen LogP) is 2.50. The summed E-state index contributed by atoms with van der Waals surface area (Å²) in [7, 11) is 1.79. The molecule has 0 aromatic carbocycles. The van der Waals surface area contributed by atoms with Crippen molar-refractivity contribution in [2.24, 2.45) is 5.92 Å². The fourth-order valence-electron chi connectivity index (χ4n) is 2.50. The molecule has 2 heterocycles. The van der Waals surface area contributed by atoms with Crippen molar-refractivity contribution in [1.29, 1.82) is 0 Å². The van der Waals surface area contributed by atoms with E-state index in [0.717, 1.165) is 26.2 Å². The average molecular weight is 297 g/mol. The monoisotopic (exact) mass is 297 g/mol. The SMILES string of the molecule is COCC1CCN(Cc2csc(CNC(C)(C)C)n2)C1. The Balaban J connectivity index is 1.78. The Morgan fingerprint density at radius 2 is 2.30 bits per heavy atom. The number of aromatic nitrogens is 1. The molecule has 4 nitrogen and oxygen atoms in total. The van der Waals surface area contributed by atoms with Crippen molar-refractivity contribution in [1.82, 2.24) is 15.2 Å². The molecule has 1 fully saturated rings. The van der Waals surface area contributed by atoms with Crippen molar-refractivity contribution in [3.05, 3.63) is 16.1 Å². The lowest BCUT2D eigenvalue weighted by atomic mass is 10.1. The summed E-state index contributed by atoms with van der Waals surface area (Å²) in [6.07, 6.45) is 1.25. The van der Waals surface area contributed by atoms with Crippen LogP contribution in [-0.2, 0) is 17.8 Å². The maximum atomic E-state index is 5.24. The van der Waals surface area contributed by atoms with Gasteiger partial charge in [0.2, 0.25) is 0 Å². The van der Waals surface area contributed by atoms with Gasteiger partial charge in [-0.15, -0.1) is 11.3 Å². The van der Waals surface area contributed by atoms with E-state index in [2.05, 4.69) is 36.4 Å². The number of nitrogens with one attached hydrogen (secondary N) is 1. The summed E-state index contributed by atoms with van der Waals surface area (Å²) >= 11 is 1.76. The lowest BCUT2D eigenvalue weighted by Gasteiger charge is -2.19. The first kappa shape index (κ1) is 15.9. The van der Waals surface area contributed by atoms with E-state index < -0.39 is 0 Å². The molecule has 1 aliphatic heterocycles. The molecule has 1 aromatic rings. The van der Waals surface area contributed by atoms with Gasteiger partial charge in [0.05, 0.1) is 12.3 Å². The molecule has 5 heteroatoms. The van der Waals surface area contributed by atoms with Gasteiger partial charge in [-0.05, 0) is 39.7 Å². The molecule has 0 spiro atoms. The van der Waals surface area contributed by atoms with E-state index in [1.54, 1.807) is 18.4 Å². The first-order valence-electron chi connectivity index (χ1n) is 7.36. The van der Waals surface area contributed by atoms with Crippen LogP contribution in [0.25, 0.3) is 0 Å². The van der Waals surface area contributed by atoms with Crippen molar-refractivity contribution < 1.29 is 4.74 Å². The average Bonchev–Trinajstić information content (AvgIpc) is 2.97. The zero-order valence-corrected chi connectivity index (χ0v) is 13.9. The van der Waals surface area contributed by atoms with Crippen molar-refractivity contribution in [2.75, 3.05) is 26.8 Å². The second kappa shape index (κ2) is 6.98. The molecular weight excluding hydrogens is 270 g/mol. The number of likely N-dealkylation sites (tertiary alicyclic amines) is 1. The van der Waals surface area contributed by atoms with Gasteiger partial charge in [-0.2, -0.15) is 0 Å². The first-order valence-corrected chi connectivity index (χ1v) is 8.24. The molecule has 20 heavy (non-hydrogen) atoms. The summed E-state index contributed by atoms with van der Waals surface area (Å²) in [5.41, 5.74) is 1.35. The number of hydrogen-bond donors (Lipinski definition) is 1. The third-order valence-electron chi connectivity index (χ3n) is 3.53. The zero-order valence-electron chi connectivity index (χ0n) is 13.1. The van der Waals surface area contributed by atoms with E-state index in [1.807, 2.05) is 0 Å². The molecule has 2 rings (SSSR count). The maximum absolute atomic E-state index is 5.24. The maximum Gasteiger partial charge on any atom is 0.107 e. The highest BCUT2D eigenvalue weighted by Crippen LogP contribution is 2.20. The Morgan fingerprint density at radius 1 is 1.50 bits per heavy atom. The smallest absolute Gasteiger partial charge is 0.107 e. The Morgan fingerprint density at radius 3 is 3.00 bits per heavy atom. The van der Waals surface area contributed by atoms with E-state index in [4.69, 9.17) is 9.72 Å². The van der Waals surface area contributed by atoms with Crippen LogP contribution < -0.4 is 5.32 Å². The van der Waals surface area contributed by atoms with E-state index in [0.29, 0.717) is 5.92 Å². The van der Waals surface area contributed by atoms with Crippen LogP contribution in [0.3, 0.4) is 0 Å². The second-order valence-electron chi connectivity index (χ2n) is 6.68. The minimum Gasteiger partial charge on any atom is -0.384 e. The Bertz CT molecular complexity index is 413. The number of nitrogens with zero attached hydrogens (tertiary/aromatic N) is 2. The summed E-state index contributed by atoms with van der Waals surface area (Å²) in [6, 6.07) is 0. The lowest BCUT2D eigenvalue weighted by molar-refractivity contribution is 0.152. The minimum absolute atomic E-state index is 0.147. The summed E-state index contributed by atoms with van der Waals surface area (Å²) in [6.45, 7) is 11.6. The van der Waals surface area contributed by atoms with Crippen molar-refractivity contribution in [3.63, 3.8) is 0 Å². The summed E-state index contributed by atoms with van der Waals surface area (Å²) < 4.78 is 5.24. The van der Waals surface area contributed by atoms with Gasteiger partial charge in [0.15, 0.2) is 0 Å². The Kier molecular flexibility index (Phi) is 5.55. The fourth-order valence-corrected chi connectivity index (χ4v) is 3.23. The lowest BCUT2D eigenvalue weighted by Crippen LogP contribution is -2.35. The number of thiazole rings is 1. The summed E-state index contributed by atoms with van der Waals surface area (Å²) in [4.78, 5) is 7.22. The van der Waals surface area contributed by atoms with Gasteiger partial charge in [0, 0.05) is 37.7 Å². The molecular formula is C15H27N3OS. The van der Waals surface area contributed by atoms with Crippen LogP contribution >= 0.6 is 11.3 Å². The van der Waals surface area contributed by atoms with Gasteiger partial charge < -0.3 is 10.1 Å². The highest BCUT2D eigenvalue weighted by Gasteiger charge is 2.22. The Labute approximate surface area is 126 Å². The van der Waals surface area contributed by atoms with Crippen molar-refractivity contribution >= 4 is 11.3 Å². The fraction of sp³-hybridized carbons (Fsp3) is 0.800. The molecule has 0 saturated carbocycles. The molecule has 1 saturated heterocycles. The number of rotatable bonds is 6. The third kappa shape index (κ3) is 5.13. The van der Waals surface area contributed by atoms with Gasteiger partial charge >= 0.3 is 0 Å². The largest absolute Gasteiger partial charge is 0.384 e. The summed E-state index contributed by atoms with van der Waals surface area (Å²) in [5.74, 6) is 0.695. The van der Waals surface area contributed by atoms with Gasteiger partial charge in [-0.25, -0.2) is 4.98 Å². The second-order valence-corrected chi connectivity index (χ2v) is 7.62. The van der Waals surface area contributed by atoms with E-state index in [-0.39, 0.29) is 5.54 Å². The summed E-state index contributed by atoms with van der Waals surface area (Å²) in [5, 5.41) is 6.87. The van der Waals surface area contributed by atoms with E-state index in [1.165, 1.54) is 23.7 Å². The van der Waals surface area contributed by atoms with Crippen LogP contribution in [0.5, 0.6) is 0 Å². The predicted molar refractivity (Wildman–Crippen MR) is 84.0 cm³/mol. The van der Waals surface area contributed by atoms with Gasteiger partial charge in [-0.3, -0.25) is 4.90 Å². The van der Waals surface area contributed by atoms with Gasteiger partial charge in [0.25, 0.3) is 0 Å². The minimum atomic E-state index is 0.147. The molecule has 0 bridgehead atoms. The molecule has 1 N–H and O–H groups in total. The molecule has 1 atom stereocenters. The third-order valence-corrected chi connectivity index (χ3v) is 4.42. The molecule has 0 amide bonds. The van der Waals surface area contributed by atoms with Crippen LogP contribution in [0.4, 0.5) is 0 Å².